The number of hydrogen-bond donors (Lipinski definition) is 2. The molecule has 0 aliphatic heterocycles. The van der Waals surface area contributed by atoms with Gasteiger partial charge in [0.2, 0.25) is 5.95 Å². The van der Waals surface area contributed by atoms with Gasteiger partial charge in [-0.3, -0.25) is 5.32 Å². The molecule has 0 unspecified atom stereocenters. The van der Waals surface area contributed by atoms with Crippen molar-refractivity contribution in [1.82, 2.24) is 14.7 Å². The molecule has 0 aliphatic carbocycles. The third-order valence-corrected chi connectivity index (χ3v) is 5.43. The number of hydrogen-bond acceptors (Lipinski definition) is 7. The highest BCUT2D eigenvalue weighted by molar-refractivity contribution is 7.90. The van der Waals surface area contributed by atoms with Crippen molar-refractivity contribution in [2.45, 2.75) is 25.3 Å². The van der Waals surface area contributed by atoms with Gasteiger partial charge in [0.15, 0.2) is 0 Å². The number of esters is 1. The lowest BCUT2D eigenvalue weighted by Gasteiger charge is -2.12. The molecule has 0 spiro atoms. The quantitative estimate of drug-likeness (QED) is 0.564. The van der Waals surface area contributed by atoms with Crippen LogP contribution in [0.5, 0.6) is 0 Å². The molecule has 1 aromatic heterocycles. The fourth-order valence-electron chi connectivity index (χ4n) is 2.76. The Morgan fingerprint density at radius 3 is 2.23 bits per heavy atom. The minimum Gasteiger partial charge on any atom is -0.457 e. The first-order chi connectivity index (χ1) is 14.7. The summed E-state index contributed by atoms with van der Waals surface area (Å²) in [6.07, 6.45) is 0. The second-order valence-corrected chi connectivity index (χ2v) is 8.24. The molecular formula is C21H20N4O5S. The lowest BCUT2D eigenvalue weighted by atomic mass is 10.2. The number of carbonyl (C=O) groups excluding carboxylic acids is 2. The molecule has 0 aliphatic rings. The van der Waals surface area contributed by atoms with Gasteiger partial charge in [0.25, 0.3) is 10.0 Å². The molecule has 160 valence electrons. The van der Waals surface area contributed by atoms with E-state index in [0.29, 0.717) is 11.4 Å². The van der Waals surface area contributed by atoms with Crippen molar-refractivity contribution in [1.29, 1.82) is 0 Å². The second kappa shape index (κ2) is 9.35. The van der Waals surface area contributed by atoms with Crippen LogP contribution in [0, 0.1) is 13.8 Å². The van der Waals surface area contributed by atoms with Gasteiger partial charge >= 0.3 is 12.0 Å². The third kappa shape index (κ3) is 5.86. The zero-order valence-corrected chi connectivity index (χ0v) is 17.6. The average molecular weight is 440 g/mol. The van der Waals surface area contributed by atoms with Crippen LogP contribution in [0.15, 0.2) is 65.6 Å². The lowest BCUT2D eigenvalue weighted by molar-refractivity contribution is 0.0468. The maximum atomic E-state index is 12.7. The maximum absolute atomic E-state index is 12.7. The van der Waals surface area contributed by atoms with Crippen molar-refractivity contribution in [3.63, 3.8) is 0 Å². The van der Waals surface area contributed by atoms with Gasteiger partial charge in [-0.05, 0) is 37.6 Å². The van der Waals surface area contributed by atoms with Gasteiger partial charge in [-0.25, -0.2) is 32.7 Å². The van der Waals surface area contributed by atoms with Gasteiger partial charge in [0, 0.05) is 11.4 Å². The number of aromatic nitrogens is 2. The van der Waals surface area contributed by atoms with Gasteiger partial charge in [-0.15, -0.1) is 0 Å². The second-order valence-electron chi connectivity index (χ2n) is 6.59. The maximum Gasteiger partial charge on any atom is 0.339 e. The van der Waals surface area contributed by atoms with Crippen molar-refractivity contribution in [3.8, 4) is 0 Å². The fraction of sp³-hybridized carbons (Fsp3) is 0.143. The minimum atomic E-state index is -4.38. The normalized spacial score (nSPS) is 10.9. The minimum absolute atomic E-state index is 0.0218. The summed E-state index contributed by atoms with van der Waals surface area (Å²) >= 11 is 0. The summed E-state index contributed by atoms with van der Waals surface area (Å²) in [5, 5.41) is 2.28. The Kier molecular flexibility index (Phi) is 6.61. The Balaban J connectivity index is 1.75. The number of urea groups is 1. The summed E-state index contributed by atoms with van der Waals surface area (Å²) in [6, 6.07) is 15.1. The summed E-state index contributed by atoms with van der Waals surface area (Å²) < 4.78 is 32.6. The number of ether oxygens (including phenoxy) is 1. The number of sulfonamides is 1. The van der Waals surface area contributed by atoms with Crippen molar-refractivity contribution in [2.24, 2.45) is 0 Å². The van der Waals surface area contributed by atoms with Crippen LogP contribution in [0.3, 0.4) is 0 Å². The average Bonchev–Trinajstić information content (AvgIpc) is 2.71. The number of carbonyl (C=O) groups is 2. The molecule has 0 bridgehead atoms. The van der Waals surface area contributed by atoms with Gasteiger partial charge in [0.1, 0.15) is 11.5 Å². The molecule has 31 heavy (non-hydrogen) atoms. The van der Waals surface area contributed by atoms with E-state index in [1.807, 2.05) is 10.8 Å². The first-order valence-corrected chi connectivity index (χ1v) is 10.7. The van der Waals surface area contributed by atoms with Crippen LogP contribution in [0.25, 0.3) is 0 Å². The van der Waals surface area contributed by atoms with Crippen LogP contribution < -0.4 is 10.0 Å². The highest BCUT2D eigenvalue weighted by Crippen LogP contribution is 2.17. The van der Waals surface area contributed by atoms with E-state index in [4.69, 9.17) is 4.74 Å². The van der Waals surface area contributed by atoms with E-state index < -0.39 is 22.0 Å². The van der Waals surface area contributed by atoms with E-state index in [1.54, 1.807) is 44.2 Å². The number of anilines is 1. The van der Waals surface area contributed by atoms with E-state index in [0.717, 1.165) is 5.56 Å². The number of nitrogens with one attached hydrogen (secondary N) is 2. The zero-order chi connectivity index (χ0) is 22.4. The van der Waals surface area contributed by atoms with Crippen LogP contribution in [-0.2, 0) is 21.4 Å². The van der Waals surface area contributed by atoms with Gasteiger partial charge < -0.3 is 4.74 Å². The molecule has 10 heteroatoms. The van der Waals surface area contributed by atoms with Crippen LogP contribution in [0.1, 0.15) is 27.3 Å². The third-order valence-electron chi connectivity index (χ3n) is 4.04. The molecule has 0 saturated carbocycles. The van der Waals surface area contributed by atoms with Crippen molar-refractivity contribution in [3.05, 3.63) is 83.2 Å². The number of nitrogens with zero attached hydrogens (tertiary/aromatic N) is 2. The van der Waals surface area contributed by atoms with E-state index in [1.165, 1.54) is 24.3 Å². The highest BCUT2D eigenvalue weighted by Gasteiger charge is 2.25. The Labute approximate surface area is 179 Å². The Morgan fingerprint density at radius 1 is 0.935 bits per heavy atom. The van der Waals surface area contributed by atoms with Crippen LogP contribution in [0.4, 0.5) is 10.7 Å². The van der Waals surface area contributed by atoms with Gasteiger partial charge in [0.05, 0.1) is 5.56 Å². The highest BCUT2D eigenvalue weighted by atomic mass is 32.2. The predicted octanol–water partition coefficient (Wildman–Crippen LogP) is 2.96. The SMILES string of the molecule is Cc1cc(C)nc(NC(=O)NS(=O)(=O)c2ccccc2C(=O)OCc2ccccc2)n1. The Morgan fingerprint density at radius 2 is 1.55 bits per heavy atom. The summed E-state index contributed by atoms with van der Waals surface area (Å²) in [6.45, 7) is 3.41. The first-order valence-electron chi connectivity index (χ1n) is 9.21. The molecule has 2 aromatic carbocycles. The monoisotopic (exact) mass is 440 g/mol. The smallest absolute Gasteiger partial charge is 0.339 e. The van der Waals surface area contributed by atoms with Gasteiger partial charge in [-0.2, -0.15) is 0 Å². The molecule has 0 radical (unpaired) electrons. The Bertz CT molecular complexity index is 1190. The topological polar surface area (TPSA) is 127 Å². The van der Waals surface area contributed by atoms with Gasteiger partial charge in [-0.1, -0.05) is 42.5 Å². The van der Waals surface area contributed by atoms with Crippen LogP contribution in [-0.4, -0.2) is 30.4 Å². The fourth-order valence-corrected chi connectivity index (χ4v) is 3.86. The molecule has 0 fully saturated rings. The lowest BCUT2D eigenvalue weighted by Crippen LogP contribution is -2.35. The zero-order valence-electron chi connectivity index (χ0n) is 16.8. The molecule has 0 saturated heterocycles. The molecule has 3 aromatic rings. The van der Waals surface area contributed by atoms with E-state index in [2.05, 4.69) is 15.3 Å². The summed E-state index contributed by atoms with van der Waals surface area (Å²) in [5.41, 5.74) is 1.78. The molecule has 1 heterocycles. The van der Waals surface area contributed by atoms with E-state index in [-0.39, 0.29) is 23.0 Å². The van der Waals surface area contributed by atoms with E-state index in [9.17, 15) is 18.0 Å². The number of aryl methyl sites for hydroxylation is 2. The van der Waals surface area contributed by atoms with Crippen molar-refractivity contribution < 1.29 is 22.7 Å². The van der Waals surface area contributed by atoms with Crippen LogP contribution in [0.2, 0.25) is 0 Å². The first kappa shape index (κ1) is 21.9. The predicted molar refractivity (Wildman–Crippen MR) is 113 cm³/mol. The summed E-state index contributed by atoms with van der Waals surface area (Å²) in [7, 11) is -4.38. The molecule has 9 nitrogen and oxygen atoms in total. The molecule has 2 amide bonds. The summed E-state index contributed by atoms with van der Waals surface area (Å²) in [4.78, 5) is 32.4. The molecule has 2 N–H and O–H groups in total. The number of amides is 2. The largest absolute Gasteiger partial charge is 0.457 e. The summed E-state index contributed by atoms with van der Waals surface area (Å²) in [5.74, 6) is -0.872. The molecular weight excluding hydrogens is 420 g/mol. The van der Waals surface area contributed by atoms with Crippen molar-refractivity contribution >= 4 is 28.0 Å². The Hall–Kier alpha value is -3.79. The number of rotatable bonds is 6. The van der Waals surface area contributed by atoms with Crippen molar-refractivity contribution in [2.75, 3.05) is 5.32 Å². The van der Waals surface area contributed by atoms with Crippen LogP contribution >= 0.6 is 0 Å². The number of benzene rings is 2. The van der Waals surface area contributed by atoms with E-state index >= 15 is 0 Å². The molecule has 0 atom stereocenters. The molecule has 3 rings (SSSR count). The standard InChI is InChI=1S/C21H20N4O5S/c1-14-12-15(2)23-20(22-14)24-21(27)25-31(28,29)18-11-7-6-10-17(18)19(26)30-13-16-8-4-3-5-9-16/h3-12H,13H2,1-2H3,(H2,22,23,24,25,27).